The third-order valence-corrected chi connectivity index (χ3v) is 3.97. The molecule has 25 heavy (non-hydrogen) atoms. The van der Waals surface area contributed by atoms with Gasteiger partial charge in [0.15, 0.2) is 5.96 Å². The standard InChI is InChI=1S/C18H18F3N3O/c19-18(20,21)13-5-3-4-12(10-13)11-23-17(22)24-15-8-9-25-16-7-2-1-6-14(15)16/h1-7,10,15H,8-9,11H2,(H3,22,23,24). The van der Waals surface area contributed by atoms with Gasteiger partial charge in [0.1, 0.15) is 5.75 Å². The van der Waals surface area contributed by atoms with Crippen LogP contribution in [0.5, 0.6) is 5.75 Å². The van der Waals surface area contributed by atoms with E-state index in [0.717, 1.165) is 29.9 Å². The molecule has 0 saturated heterocycles. The molecule has 7 heteroatoms. The van der Waals surface area contributed by atoms with Crippen LogP contribution in [0.3, 0.4) is 0 Å². The van der Waals surface area contributed by atoms with Gasteiger partial charge >= 0.3 is 6.18 Å². The van der Waals surface area contributed by atoms with Crippen LogP contribution in [0.4, 0.5) is 13.2 Å². The number of nitrogens with zero attached hydrogens (tertiary/aromatic N) is 1. The molecule has 0 aromatic heterocycles. The second kappa shape index (κ2) is 7.04. The number of guanidine groups is 1. The molecule has 3 rings (SSSR count). The summed E-state index contributed by atoms with van der Waals surface area (Å²) in [7, 11) is 0. The van der Waals surface area contributed by atoms with E-state index in [1.807, 2.05) is 24.3 Å². The van der Waals surface area contributed by atoms with Crippen molar-refractivity contribution < 1.29 is 17.9 Å². The number of nitrogens with one attached hydrogen (secondary N) is 1. The Morgan fingerprint density at radius 1 is 1.20 bits per heavy atom. The Bertz CT molecular complexity index is 774. The number of hydrogen-bond donors (Lipinski definition) is 2. The summed E-state index contributed by atoms with van der Waals surface area (Å²) in [6.07, 6.45) is -3.63. The molecule has 4 nitrogen and oxygen atoms in total. The number of ether oxygens (including phenoxy) is 1. The first-order valence-electron chi connectivity index (χ1n) is 7.88. The summed E-state index contributed by atoms with van der Waals surface area (Å²) in [5, 5.41) is 3.12. The minimum atomic E-state index is -4.37. The van der Waals surface area contributed by atoms with Gasteiger partial charge < -0.3 is 15.8 Å². The minimum Gasteiger partial charge on any atom is -0.493 e. The highest BCUT2D eigenvalue weighted by atomic mass is 19.4. The van der Waals surface area contributed by atoms with E-state index in [-0.39, 0.29) is 18.5 Å². The zero-order chi connectivity index (χ0) is 17.9. The molecule has 0 radical (unpaired) electrons. The summed E-state index contributed by atoms with van der Waals surface area (Å²) in [5.41, 5.74) is 6.66. The predicted molar refractivity (Wildman–Crippen MR) is 89.2 cm³/mol. The Labute approximate surface area is 143 Å². The minimum absolute atomic E-state index is 0.0322. The molecule has 1 unspecified atom stereocenters. The predicted octanol–water partition coefficient (Wildman–Crippen LogP) is 3.63. The summed E-state index contributed by atoms with van der Waals surface area (Å²) >= 11 is 0. The van der Waals surface area contributed by atoms with E-state index in [4.69, 9.17) is 10.5 Å². The molecule has 1 aliphatic heterocycles. The van der Waals surface area contributed by atoms with Crippen LogP contribution in [-0.4, -0.2) is 12.6 Å². The third-order valence-electron chi connectivity index (χ3n) is 3.97. The number of halogens is 3. The molecule has 1 aliphatic rings. The molecule has 2 aromatic rings. The van der Waals surface area contributed by atoms with Crippen molar-refractivity contribution in [3.05, 3.63) is 65.2 Å². The molecular formula is C18H18F3N3O. The lowest BCUT2D eigenvalue weighted by Crippen LogP contribution is -2.37. The van der Waals surface area contributed by atoms with Gasteiger partial charge in [0, 0.05) is 12.0 Å². The van der Waals surface area contributed by atoms with Crippen LogP contribution >= 0.6 is 0 Å². The lowest BCUT2D eigenvalue weighted by Gasteiger charge is -2.26. The summed E-state index contributed by atoms with van der Waals surface area (Å²) in [5.74, 6) is 0.996. The molecular weight excluding hydrogens is 331 g/mol. The molecule has 1 heterocycles. The highest BCUT2D eigenvalue weighted by molar-refractivity contribution is 5.78. The molecule has 0 saturated carbocycles. The van der Waals surface area contributed by atoms with E-state index >= 15 is 0 Å². The lowest BCUT2D eigenvalue weighted by atomic mass is 10.0. The molecule has 0 fully saturated rings. The molecule has 0 amide bonds. The zero-order valence-corrected chi connectivity index (χ0v) is 13.4. The van der Waals surface area contributed by atoms with E-state index in [1.165, 1.54) is 6.07 Å². The molecule has 2 aromatic carbocycles. The number of rotatable bonds is 3. The van der Waals surface area contributed by atoms with Gasteiger partial charge in [-0.2, -0.15) is 13.2 Å². The molecule has 0 aliphatic carbocycles. The van der Waals surface area contributed by atoms with E-state index in [2.05, 4.69) is 10.3 Å². The highest BCUT2D eigenvalue weighted by Crippen LogP contribution is 2.31. The summed E-state index contributed by atoms with van der Waals surface area (Å²) in [6.45, 7) is 0.642. The number of alkyl halides is 3. The second-order valence-corrected chi connectivity index (χ2v) is 5.77. The first kappa shape index (κ1) is 17.1. The Balaban J connectivity index is 1.68. The van der Waals surface area contributed by atoms with Crippen LogP contribution in [0.2, 0.25) is 0 Å². The molecule has 0 bridgehead atoms. The van der Waals surface area contributed by atoms with Crippen LogP contribution in [0.15, 0.2) is 53.5 Å². The van der Waals surface area contributed by atoms with Gasteiger partial charge in [0.25, 0.3) is 0 Å². The third kappa shape index (κ3) is 4.23. The number of hydrogen-bond acceptors (Lipinski definition) is 2. The Morgan fingerprint density at radius 2 is 2.00 bits per heavy atom. The van der Waals surface area contributed by atoms with Crippen LogP contribution in [-0.2, 0) is 12.7 Å². The van der Waals surface area contributed by atoms with Gasteiger partial charge in [-0.25, -0.2) is 4.99 Å². The fourth-order valence-electron chi connectivity index (χ4n) is 2.74. The topological polar surface area (TPSA) is 59.6 Å². The molecule has 0 spiro atoms. The maximum atomic E-state index is 12.7. The Morgan fingerprint density at radius 3 is 2.80 bits per heavy atom. The van der Waals surface area contributed by atoms with Crippen molar-refractivity contribution in [3.8, 4) is 5.75 Å². The van der Waals surface area contributed by atoms with Crippen LogP contribution in [0, 0.1) is 0 Å². The number of aliphatic imine (C=N–C) groups is 1. The van der Waals surface area contributed by atoms with Crippen LogP contribution < -0.4 is 15.8 Å². The maximum absolute atomic E-state index is 12.7. The first-order valence-corrected chi connectivity index (χ1v) is 7.88. The second-order valence-electron chi connectivity index (χ2n) is 5.77. The van der Waals surface area contributed by atoms with Gasteiger partial charge in [-0.15, -0.1) is 0 Å². The van der Waals surface area contributed by atoms with Crippen LogP contribution in [0.1, 0.15) is 29.2 Å². The van der Waals surface area contributed by atoms with E-state index in [0.29, 0.717) is 12.2 Å². The van der Waals surface area contributed by atoms with E-state index < -0.39 is 11.7 Å². The Kier molecular flexibility index (Phi) is 4.83. The largest absolute Gasteiger partial charge is 0.493 e. The van der Waals surface area contributed by atoms with Crippen molar-refractivity contribution in [2.75, 3.05) is 6.61 Å². The average Bonchev–Trinajstić information content (AvgIpc) is 2.60. The van der Waals surface area contributed by atoms with Crippen molar-refractivity contribution in [3.63, 3.8) is 0 Å². The SMILES string of the molecule is NC(=NCc1cccc(C(F)(F)F)c1)NC1CCOc2ccccc21. The van der Waals surface area contributed by atoms with Crippen molar-refractivity contribution >= 4 is 5.96 Å². The molecule has 1 atom stereocenters. The number of benzene rings is 2. The first-order chi connectivity index (χ1) is 11.9. The van der Waals surface area contributed by atoms with Crippen molar-refractivity contribution in [1.82, 2.24) is 5.32 Å². The van der Waals surface area contributed by atoms with Crippen LogP contribution in [0.25, 0.3) is 0 Å². The summed E-state index contributed by atoms with van der Waals surface area (Å²) < 4.78 is 43.8. The van der Waals surface area contributed by atoms with E-state index in [1.54, 1.807) is 6.07 Å². The monoisotopic (exact) mass is 349 g/mol. The van der Waals surface area contributed by atoms with Gasteiger partial charge in [0.2, 0.25) is 0 Å². The van der Waals surface area contributed by atoms with Crippen molar-refractivity contribution in [2.45, 2.75) is 25.2 Å². The van der Waals surface area contributed by atoms with Gasteiger partial charge in [0.05, 0.1) is 24.8 Å². The molecule has 132 valence electrons. The van der Waals surface area contributed by atoms with Gasteiger partial charge in [-0.1, -0.05) is 30.3 Å². The number of para-hydroxylation sites is 1. The fourth-order valence-corrected chi connectivity index (χ4v) is 2.74. The highest BCUT2D eigenvalue weighted by Gasteiger charge is 2.30. The maximum Gasteiger partial charge on any atom is 0.416 e. The quantitative estimate of drug-likeness (QED) is 0.657. The van der Waals surface area contributed by atoms with E-state index in [9.17, 15) is 13.2 Å². The van der Waals surface area contributed by atoms with Crippen molar-refractivity contribution in [2.24, 2.45) is 10.7 Å². The summed E-state index contributed by atoms with van der Waals surface area (Å²) in [4.78, 5) is 4.16. The molecule has 3 N–H and O–H groups in total. The number of nitrogens with two attached hydrogens (primary N) is 1. The smallest absolute Gasteiger partial charge is 0.416 e. The Hall–Kier alpha value is -2.70. The normalized spacial score (nSPS) is 17.6. The van der Waals surface area contributed by atoms with Gasteiger partial charge in [-0.3, -0.25) is 0 Å². The van der Waals surface area contributed by atoms with Crippen molar-refractivity contribution in [1.29, 1.82) is 0 Å². The number of fused-ring (bicyclic) bond motifs is 1. The van der Waals surface area contributed by atoms with Gasteiger partial charge in [-0.05, 0) is 23.8 Å². The zero-order valence-electron chi connectivity index (χ0n) is 13.4. The fraction of sp³-hybridized carbons (Fsp3) is 0.278. The average molecular weight is 349 g/mol. The lowest BCUT2D eigenvalue weighted by molar-refractivity contribution is -0.137. The summed E-state index contributed by atoms with van der Waals surface area (Å²) in [6, 6.07) is 12.7.